The van der Waals surface area contributed by atoms with E-state index >= 15 is 0 Å². The molecule has 1 aromatic carbocycles. The topological polar surface area (TPSA) is 74.0 Å². The van der Waals surface area contributed by atoms with Crippen LogP contribution in [0.15, 0.2) is 60.3 Å². The number of carbonyl (C=O) groups excluding carboxylic acids is 1. The second-order valence-corrected chi connectivity index (χ2v) is 5.70. The summed E-state index contributed by atoms with van der Waals surface area (Å²) in [6.07, 6.45) is 5.20. The fraction of sp³-hybridized carbons (Fsp3) is 0.133. The van der Waals surface area contributed by atoms with E-state index < -0.39 is 6.61 Å². The number of thioether (sulfide) groups is 1. The van der Waals surface area contributed by atoms with Gasteiger partial charge in [0.15, 0.2) is 0 Å². The number of anilines is 1. The van der Waals surface area contributed by atoms with Crippen molar-refractivity contribution in [3.8, 4) is 5.75 Å². The summed E-state index contributed by atoms with van der Waals surface area (Å²) in [7, 11) is 0. The van der Waals surface area contributed by atoms with Crippen LogP contribution in [0.1, 0.15) is 0 Å². The quantitative estimate of drug-likeness (QED) is 0.652. The molecule has 3 aromatic rings. The van der Waals surface area contributed by atoms with Gasteiger partial charge in [-0.15, -0.1) is 10.2 Å². The third kappa shape index (κ3) is 4.57. The highest BCUT2D eigenvalue weighted by Gasteiger charge is 2.10. The van der Waals surface area contributed by atoms with E-state index in [0.29, 0.717) is 10.8 Å². The highest BCUT2D eigenvalue weighted by atomic mass is 32.2. The highest BCUT2D eigenvalue weighted by Crippen LogP contribution is 2.19. The van der Waals surface area contributed by atoms with Gasteiger partial charge in [-0.2, -0.15) is 8.78 Å². The summed E-state index contributed by atoms with van der Waals surface area (Å²) in [6.45, 7) is -2.88. The summed E-state index contributed by atoms with van der Waals surface area (Å²) in [5, 5.41) is 11.0. The van der Waals surface area contributed by atoms with Crippen molar-refractivity contribution in [3.05, 3.63) is 55.1 Å². The molecule has 0 bridgehead atoms. The molecule has 0 atom stereocenters. The summed E-state index contributed by atoms with van der Waals surface area (Å²) in [4.78, 5) is 12.0. The van der Waals surface area contributed by atoms with Crippen LogP contribution >= 0.6 is 11.8 Å². The van der Waals surface area contributed by atoms with Crippen molar-refractivity contribution in [2.24, 2.45) is 0 Å². The van der Waals surface area contributed by atoms with Crippen molar-refractivity contribution in [3.63, 3.8) is 0 Å². The monoisotopic (exact) mass is 365 g/mol. The van der Waals surface area contributed by atoms with Crippen LogP contribution in [0.25, 0.3) is 0 Å². The summed E-state index contributed by atoms with van der Waals surface area (Å²) in [5.41, 5.74) is 0.485. The van der Waals surface area contributed by atoms with Gasteiger partial charge in [0.1, 0.15) is 12.1 Å². The fourth-order valence-corrected chi connectivity index (χ4v) is 2.70. The van der Waals surface area contributed by atoms with Gasteiger partial charge in [-0.25, -0.2) is 4.68 Å². The Balaban J connectivity index is 1.54. The van der Waals surface area contributed by atoms with E-state index in [2.05, 4.69) is 20.3 Å². The van der Waals surface area contributed by atoms with Crippen LogP contribution in [-0.2, 0) is 4.79 Å². The van der Waals surface area contributed by atoms with E-state index in [1.807, 2.05) is 24.5 Å². The number of benzene rings is 1. The number of hydrogen-bond acceptors (Lipinski definition) is 5. The van der Waals surface area contributed by atoms with Gasteiger partial charge < -0.3 is 10.1 Å². The molecule has 1 amide bonds. The molecule has 25 heavy (non-hydrogen) atoms. The zero-order chi connectivity index (χ0) is 17.6. The standard InChI is InChI=1S/C15H13F2N5O2S/c16-14(17)24-12-5-3-11(4-6-12)19-13(23)9-25-15-20-18-10-22(15)21-7-1-2-8-21/h1-8,10,14H,9H2,(H,19,23). The van der Waals surface area contributed by atoms with Crippen molar-refractivity contribution in [1.29, 1.82) is 0 Å². The van der Waals surface area contributed by atoms with Gasteiger partial charge in [-0.1, -0.05) is 11.8 Å². The predicted molar refractivity (Wildman–Crippen MR) is 87.7 cm³/mol. The molecule has 2 aromatic heterocycles. The van der Waals surface area contributed by atoms with Crippen LogP contribution in [0.3, 0.4) is 0 Å². The van der Waals surface area contributed by atoms with E-state index in [9.17, 15) is 13.6 Å². The van der Waals surface area contributed by atoms with Crippen molar-refractivity contribution in [2.75, 3.05) is 11.1 Å². The molecule has 10 heteroatoms. The van der Waals surface area contributed by atoms with Crippen molar-refractivity contribution < 1.29 is 18.3 Å². The van der Waals surface area contributed by atoms with Gasteiger partial charge in [0.05, 0.1) is 5.75 Å². The number of nitrogens with zero attached hydrogens (tertiary/aromatic N) is 4. The second-order valence-electron chi connectivity index (χ2n) is 4.76. The molecule has 0 fully saturated rings. The summed E-state index contributed by atoms with van der Waals surface area (Å²) in [5.74, 6) is -0.105. The Bertz CT molecular complexity index is 821. The van der Waals surface area contributed by atoms with Crippen molar-refractivity contribution >= 4 is 23.4 Å². The Kier molecular flexibility index (Phi) is 5.29. The van der Waals surface area contributed by atoms with E-state index in [4.69, 9.17) is 0 Å². The molecule has 0 saturated carbocycles. The van der Waals surface area contributed by atoms with E-state index in [1.165, 1.54) is 36.0 Å². The van der Waals surface area contributed by atoms with Crippen LogP contribution in [0.4, 0.5) is 14.5 Å². The Morgan fingerprint density at radius 2 is 1.96 bits per heavy atom. The van der Waals surface area contributed by atoms with Gasteiger partial charge in [0.25, 0.3) is 0 Å². The van der Waals surface area contributed by atoms with E-state index in [-0.39, 0.29) is 17.4 Å². The van der Waals surface area contributed by atoms with Gasteiger partial charge in [0.2, 0.25) is 11.1 Å². The molecule has 1 N–H and O–H groups in total. The van der Waals surface area contributed by atoms with Crippen LogP contribution in [0, 0.1) is 0 Å². The smallest absolute Gasteiger partial charge is 0.387 e. The number of amides is 1. The first-order chi connectivity index (χ1) is 12.1. The molecular formula is C15H13F2N5O2S. The van der Waals surface area contributed by atoms with Gasteiger partial charge >= 0.3 is 6.61 Å². The van der Waals surface area contributed by atoms with E-state index in [1.54, 1.807) is 15.7 Å². The minimum absolute atomic E-state index is 0.0298. The molecule has 0 aliphatic heterocycles. The predicted octanol–water partition coefficient (Wildman–Crippen LogP) is 2.72. The number of rotatable bonds is 7. The Morgan fingerprint density at radius 3 is 2.64 bits per heavy atom. The summed E-state index contributed by atoms with van der Waals surface area (Å²) >= 11 is 1.22. The first-order valence-electron chi connectivity index (χ1n) is 7.13. The maximum Gasteiger partial charge on any atom is 0.387 e. The number of nitrogens with one attached hydrogen (secondary N) is 1. The first-order valence-corrected chi connectivity index (χ1v) is 8.11. The minimum atomic E-state index is -2.88. The Labute approximate surface area is 145 Å². The van der Waals surface area contributed by atoms with Crippen molar-refractivity contribution in [1.82, 2.24) is 19.5 Å². The molecule has 7 nitrogen and oxygen atoms in total. The average Bonchev–Trinajstić information content (AvgIpc) is 3.25. The number of hydrogen-bond donors (Lipinski definition) is 1. The maximum absolute atomic E-state index is 12.1. The summed E-state index contributed by atoms with van der Waals surface area (Å²) in [6, 6.07) is 9.42. The number of ether oxygens (including phenoxy) is 1. The van der Waals surface area contributed by atoms with Crippen LogP contribution in [-0.4, -0.2) is 37.8 Å². The lowest BCUT2D eigenvalue weighted by Crippen LogP contribution is -2.15. The molecule has 0 radical (unpaired) electrons. The maximum atomic E-state index is 12.1. The molecule has 0 aliphatic rings. The lowest BCUT2D eigenvalue weighted by atomic mass is 10.3. The number of aromatic nitrogens is 4. The Morgan fingerprint density at radius 1 is 1.24 bits per heavy atom. The lowest BCUT2D eigenvalue weighted by Gasteiger charge is -2.08. The molecule has 0 spiro atoms. The second kappa shape index (κ2) is 7.79. The minimum Gasteiger partial charge on any atom is -0.435 e. The lowest BCUT2D eigenvalue weighted by molar-refractivity contribution is -0.113. The molecule has 0 saturated heterocycles. The van der Waals surface area contributed by atoms with Crippen LogP contribution in [0.5, 0.6) is 5.75 Å². The normalized spacial score (nSPS) is 10.8. The average molecular weight is 365 g/mol. The van der Waals surface area contributed by atoms with Gasteiger partial charge in [-0.05, 0) is 36.4 Å². The Hall–Kier alpha value is -2.88. The van der Waals surface area contributed by atoms with Crippen molar-refractivity contribution in [2.45, 2.75) is 11.8 Å². The molecule has 0 aliphatic carbocycles. The number of carbonyl (C=O) groups is 1. The molecule has 2 heterocycles. The molecule has 3 rings (SSSR count). The van der Waals surface area contributed by atoms with Crippen LogP contribution in [0.2, 0.25) is 0 Å². The molecule has 0 unspecified atom stereocenters. The number of halogens is 2. The zero-order valence-electron chi connectivity index (χ0n) is 12.8. The third-order valence-electron chi connectivity index (χ3n) is 3.03. The van der Waals surface area contributed by atoms with Gasteiger partial charge in [-0.3, -0.25) is 9.47 Å². The molecule has 130 valence electrons. The largest absolute Gasteiger partial charge is 0.435 e. The molecular weight excluding hydrogens is 352 g/mol. The third-order valence-corrected chi connectivity index (χ3v) is 3.97. The number of alkyl halides is 2. The summed E-state index contributed by atoms with van der Waals surface area (Å²) < 4.78 is 31.9. The van der Waals surface area contributed by atoms with E-state index in [0.717, 1.165) is 0 Å². The zero-order valence-corrected chi connectivity index (χ0v) is 13.6. The fourth-order valence-electron chi connectivity index (χ4n) is 1.99. The first kappa shape index (κ1) is 17.0. The van der Waals surface area contributed by atoms with Gasteiger partial charge in [0, 0.05) is 18.1 Å². The highest BCUT2D eigenvalue weighted by molar-refractivity contribution is 7.99. The SMILES string of the molecule is O=C(CSc1nncn1-n1cccc1)Nc1ccc(OC(F)F)cc1. The van der Waals surface area contributed by atoms with Crippen LogP contribution < -0.4 is 10.1 Å².